The molecule has 1 amide bonds. The summed E-state index contributed by atoms with van der Waals surface area (Å²) in [4.78, 5) is 29.3. The van der Waals surface area contributed by atoms with E-state index in [0.717, 1.165) is 16.5 Å². The quantitative estimate of drug-likeness (QED) is 0.402. The maximum atomic E-state index is 12.8. The molecule has 0 aliphatic heterocycles. The van der Waals surface area contributed by atoms with Crippen LogP contribution in [0.1, 0.15) is 15.9 Å². The van der Waals surface area contributed by atoms with Crippen LogP contribution in [0.4, 0.5) is 5.82 Å². The van der Waals surface area contributed by atoms with Crippen molar-refractivity contribution in [3.63, 3.8) is 0 Å². The number of amides is 1. The minimum atomic E-state index is -0.715. The molecule has 0 aliphatic rings. The summed E-state index contributed by atoms with van der Waals surface area (Å²) in [6.07, 6.45) is 3.28. The maximum absolute atomic E-state index is 12.8. The number of nitrogens with zero attached hydrogens (tertiary/aromatic N) is 2. The molecule has 0 unspecified atom stereocenters. The van der Waals surface area contributed by atoms with E-state index in [9.17, 15) is 9.59 Å². The largest absolute Gasteiger partial charge is 0.342 e. The molecule has 0 radical (unpaired) electrons. The second-order valence-corrected chi connectivity index (χ2v) is 6.75. The van der Waals surface area contributed by atoms with E-state index >= 15 is 0 Å². The van der Waals surface area contributed by atoms with Crippen LogP contribution in [0, 0.1) is 0 Å². The Hall–Kier alpha value is -3.44. The van der Waals surface area contributed by atoms with Crippen LogP contribution in [0.2, 0.25) is 5.02 Å². The molecule has 0 spiro atoms. The van der Waals surface area contributed by atoms with Crippen LogP contribution in [0.15, 0.2) is 79.1 Å². The van der Waals surface area contributed by atoms with Gasteiger partial charge in [0.1, 0.15) is 5.82 Å². The van der Waals surface area contributed by atoms with Gasteiger partial charge in [-0.05, 0) is 35.9 Å². The van der Waals surface area contributed by atoms with Crippen molar-refractivity contribution in [3.8, 4) is 0 Å². The number of rotatable bonds is 5. The van der Waals surface area contributed by atoms with Gasteiger partial charge in [-0.15, -0.1) is 0 Å². The highest BCUT2D eigenvalue weighted by molar-refractivity contribution is 6.48. The van der Waals surface area contributed by atoms with E-state index in [4.69, 9.17) is 11.6 Å². The Kier molecular flexibility index (Phi) is 4.91. The highest BCUT2D eigenvalue weighted by atomic mass is 35.5. The monoisotopic (exact) mass is 389 g/mol. The van der Waals surface area contributed by atoms with Crippen LogP contribution in [0.25, 0.3) is 10.9 Å². The summed E-state index contributed by atoms with van der Waals surface area (Å²) in [6.45, 7) is 0.562. The SMILES string of the molecule is O=C(Nc1ccccn1)C(=O)c1cn(Cc2ccc(Cl)cc2)c2ccccc12. The lowest BCUT2D eigenvalue weighted by Gasteiger charge is -2.05. The maximum Gasteiger partial charge on any atom is 0.298 e. The first-order valence-electron chi connectivity index (χ1n) is 8.71. The number of Topliss-reactive ketones (excluding diaryl/α,β-unsaturated/α-hetero) is 1. The molecule has 4 aromatic rings. The molecule has 138 valence electrons. The van der Waals surface area contributed by atoms with E-state index in [1.807, 2.05) is 53.1 Å². The van der Waals surface area contributed by atoms with E-state index in [0.29, 0.717) is 22.9 Å². The average molecular weight is 390 g/mol. The number of hydrogen-bond acceptors (Lipinski definition) is 3. The molecular weight excluding hydrogens is 374 g/mol. The van der Waals surface area contributed by atoms with Crippen molar-refractivity contribution < 1.29 is 9.59 Å². The highest BCUT2D eigenvalue weighted by Gasteiger charge is 2.22. The van der Waals surface area contributed by atoms with Gasteiger partial charge in [-0.2, -0.15) is 0 Å². The number of ketones is 1. The van der Waals surface area contributed by atoms with Gasteiger partial charge >= 0.3 is 0 Å². The topological polar surface area (TPSA) is 64.0 Å². The predicted molar refractivity (Wildman–Crippen MR) is 110 cm³/mol. The summed E-state index contributed by atoms with van der Waals surface area (Å²) in [5, 5.41) is 3.95. The van der Waals surface area contributed by atoms with E-state index < -0.39 is 11.7 Å². The summed E-state index contributed by atoms with van der Waals surface area (Å²) < 4.78 is 1.96. The zero-order valence-corrected chi connectivity index (χ0v) is 15.6. The van der Waals surface area contributed by atoms with Gasteiger partial charge in [-0.3, -0.25) is 9.59 Å². The molecule has 0 aliphatic carbocycles. The van der Waals surface area contributed by atoms with Gasteiger partial charge in [0.15, 0.2) is 0 Å². The first-order valence-corrected chi connectivity index (χ1v) is 9.08. The first-order chi connectivity index (χ1) is 13.6. The third kappa shape index (κ3) is 3.66. The third-order valence-electron chi connectivity index (χ3n) is 4.41. The van der Waals surface area contributed by atoms with E-state index in [-0.39, 0.29) is 0 Å². The van der Waals surface area contributed by atoms with Gasteiger partial charge < -0.3 is 9.88 Å². The minimum Gasteiger partial charge on any atom is -0.342 e. The minimum absolute atomic E-state index is 0.339. The molecule has 4 rings (SSSR count). The Labute approximate surface area is 166 Å². The van der Waals surface area contributed by atoms with Crippen LogP contribution in [-0.2, 0) is 11.3 Å². The van der Waals surface area contributed by atoms with Crippen molar-refractivity contribution in [3.05, 3.63) is 95.3 Å². The van der Waals surface area contributed by atoms with Gasteiger partial charge in [0, 0.05) is 34.9 Å². The summed E-state index contributed by atoms with van der Waals surface area (Å²) in [6, 6.07) is 20.2. The van der Waals surface area contributed by atoms with Crippen LogP contribution in [0.5, 0.6) is 0 Å². The number of carbonyl (C=O) groups excluding carboxylic acids is 2. The van der Waals surface area contributed by atoms with Gasteiger partial charge in [0.05, 0.1) is 5.56 Å². The number of fused-ring (bicyclic) bond motifs is 1. The molecule has 6 heteroatoms. The Morgan fingerprint density at radius 1 is 0.964 bits per heavy atom. The van der Waals surface area contributed by atoms with Crippen LogP contribution in [-0.4, -0.2) is 21.2 Å². The van der Waals surface area contributed by atoms with Crippen molar-refractivity contribution in [1.82, 2.24) is 9.55 Å². The molecule has 0 saturated carbocycles. The Morgan fingerprint density at radius 2 is 1.71 bits per heavy atom. The molecular formula is C22H16ClN3O2. The van der Waals surface area contributed by atoms with Gasteiger partial charge in [0.2, 0.25) is 0 Å². The lowest BCUT2D eigenvalue weighted by Crippen LogP contribution is -2.23. The number of para-hydroxylation sites is 1. The molecule has 2 heterocycles. The summed E-state index contributed by atoms with van der Waals surface area (Å²) in [5.74, 6) is -0.976. The van der Waals surface area contributed by atoms with Crippen LogP contribution in [0.3, 0.4) is 0 Å². The van der Waals surface area contributed by atoms with Crippen LogP contribution >= 0.6 is 11.6 Å². The zero-order chi connectivity index (χ0) is 19.5. The highest BCUT2D eigenvalue weighted by Crippen LogP contribution is 2.23. The number of carbonyl (C=O) groups is 2. The van der Waals surface area contributed by atoms with Crippen molar-refractivity contribution in [2.24, 2.45) is 0 Å². The molecule has 2 aromatic carbocycles. The molecule has 0 atom stereocenters. The van der Waals surface area contributed by atoms with Crippen molar-refractivity contribution in [1.29, 1.82) is 0 Å². The average Bonchev–Trinajstić information content (AvgIpc) is 3.08. The number of hydrogen-bond donors (Lipinski definition) is 1. The summed E-state index contributed by atoms with van der Waals surface area (Å²) >= 11 is 5.96. The normalized spacial score (nSPS) is 10.8. The van der Waals surface area contributed by atoms with Crippen molar-refractivity contribution in [2.45, 2.75) is 6.54 Å². The number of pyridine rings is 1. The fraction of sp³-hybridized carbons (Fsp3) is 0.0455. The number of nitrogens with one attached hydrogen (secondary N) is 1. The molecule has 0 bridgehead atoms. The standard InChI is InChI=1S/C22H16ClN3O2/c23-16-10-8-15(9-11-16)13-26-14-18(17-5-1-2-6-19(17)26)21(27)22(28)25-20-7-3-4-12-24-20/h1-12,14H,13H2,(H,24,25,28). The summed E-state index contributed by atoms with van der Waals surface area (Å²) in [7, 11) is 0. The van der Waals surface area contributed by atoms with Gasteiger partial charge in [-0.25, -0.2) is 4.98 Å². The second kappa shape index (κ2) is 7.66. The lowest BCUT2D eigenvalue weighted by molar-refractivity contribution is -0.112. The Balaban J connectivity index is 1.66. The van der Waals surface area contributed by atoms with Crippen molar-refractivity contribution >= 4 is 40.0 Å². The predicted octanol–water partition coefficient (Wildman–Crippen LogP) is 4.56. The zero-order valence-electron chi connectivity index (χ0n) is 14.8. The van der Waals surface area contributed by atoms with Gasteiger partial charge in [-0.1, -0.05) is 48.0 Å². The fourth-order valence-corrected chi connectivity index (χ4v) is 3.20. The summed E-state index contributed by atoms with van der Waals surface area (Å²) in [5.41, 5.74) is 2.28. The van der Waals surface area contributed by atoms with E-state index in [1.54, 1.807) is 30.6 Å². The molecule has 28 heavy (non-hydrogen) atoms. The first kappa shape index (κ1) is 17.9. The molecule has 1 N–H and O–H groups in total. The number of halogens is 1. The Bertz CT molecular complexity index is 1150. The third-order valence-corrected chi connectivity index (χ3v) is 4.66. The molecule has 2 aromatic heterocycles. The Morgan fingerprint density at radius 3 is 2.46 bits per heavy atom. The lowest BCUT2D eigenvalue weighted by atomic mass is 10.1. The van der Waals surface area contributed by atoms with E-state index in [2.05, 4.69) is 10.3 Å². The molecule has 0 saturated heterocycles. The number of benzene rings is 2. The smallest absolute Gasteiger partial charge is 0.298 e. The van der Waals surface area contributed by atoms with Crippen LogP contribution < -0.4 is 5.32 Å². The van der Waals surface area contributed by atoms with Crippen molar-refractivity contribution in [2.75, 3.05) is 5.32 Å². The molecule has 5 nitrogen and oxygen atoms in total. The van der Waals surface area contributed by atoms with E-state index in [1.165, 1.54) is 0 Å². The fourth-order valence-electron chi connectivity index (χ4n) is 3.08. The number of anilines is 1. The number of aromatic nitrogens is 2. The second-order valence-electron chi connectivity index (χ2n) is 6.31. The van der Waals surface area contributed by atoms with Gasteiger partial charge in [0.25, 0.3) is 11.7 Å². The molecule has 0 fully saturated rings.